The lowest BCUT2D eigenvalue weighted by Gasteiger charge is -2.05. The van der Waals surface area contributed by atoms with E-state index >= 15 is 0 Å². The van der Waals surface area contributed by atoms with Gasteiger partial charge in [-0.3, -0.25) is 0 Å². The average molecular weight is 257 g/mol. The van der Waals surface area contributed by atoms with Crippen molar-refractivity contribution in [1.82, 2.24) is 0 Å². The molecular weight excluding hydrogens is 248 g/mol. The SMILES string of the molecule is O=c1cc(-c2ccccc2)c2ccc(Cl)cc2o1. The molecule has 1 heterocycles. The molecule has 0 saturated carbocycles. The van der Waals surface area contributed by atoms with Crippen LogP contribution in [0.5, 0.6) is 0 Å². The van der Waals surface area contributed by atoms with Gasteiger partial charge in [0, 0.05) is 22.5 Å². The summed E-state index contributed by atoms with van der Waals surface area (Å²) in [7, 11) is 0. The third kappa shape index (κ3) is 1.91. The molecule has 0 amide bonds. The first kappa shape index (κ1) is 11.1. The molecule has 0 aliphatic heterocycles. The van der Waals surface area contributed by atoms with Gasteiger partial charge in [0.15, 0.2) is 0 Å². The van der Waals surface area contributed by atoms with Gasteiger partial charge in [-0.2, -0.15) is 0 Å². The van der Waals surface area contributed by atoms with E-state index in [9.17, 15) is 4.79 Å². The van der Waals surface area contributed by atoms with Crippen LogP contribution in [0.4, 0.5) is 0 Å². The molecule has 3 heteroatoms. The monoisotopic (exact) mass is 256 g/mol. The zero-order chi connectivity index (χ0) is 12.5. The van der Waals surface area contributed by atoms with E-state index in [0.717, 1.165) is 16.5 Å². The molecule has 0 fully saturated rings. The molecule has 3 rings (SSSR count). The lowest BCUT2D eigenvalue weighted by Crippen LogP contribution is -1.97. The van der Waals surface area contributed by atoms with E-state index in [1.165, 1.54) is 6.07 Å². The number of halogens is 1. The van der Waals surface area contributed by atoms with Crippen molar-refractivity contribution in [2.45, 2.75) is 0 Å². The Morgan fingerprint density at radius 3 is 2.50 bits per heavy atom. The third-order valence-corrected chi connectivity index (χ3v) is 3.03. The maximum atomic E-state index is 11.6. The predicted octanol–water partition coefficient (Wildman–Crippen LogP) is 4.11. The minimum atomic E-state index is -0.372. The topological polar surface area (TPSA) is 30.2 Å². The molecule has 0 aliphatic carbocycles. The first-order valence-electron chi connectivity index (χ1n) is 5.53. The molecule has 2 nitrogen and oxygen atoms in total. The molecular formula is C15H9ClO2. The van der Waals surface area contributed by atoms with Crippen LogP contribution in [0.3, 0.4) is 0 Å². The fourth-order valence-electron chi connectivity index (χ4n) is 1.99. The van der Waals surface area contributed by atoms with Crippen molar-refractivity contribution in [2.24, 2.45) is 0 Å². The normalized spacial score (nSPS) is 10.7. The molecule has 0 spiro atoms. The molecule has 0 unspecified atom stereocenters. The number of hydrogen-bond acceptors (Lipinski definition) is 2. The van der Waals surface area contributed by atoms with E-state index in [-0.39, 0.29) is 5.63 Å². The van der Waals surface area contributed by atoms with Gasteiger partial charge in [-0.15, -0.1) is 0 Å². The Labute approximate surface area is 108 Å². The number of rotatable bonds is 1. The molecule has 0 bridgehead atoms. The first-order chi connectivity index (χ1) is 8.74. The molecule has 0 radical (unpaired) electrons. The molecule has 88 valence electrons. The Morgan fingerprint density at radius 2 is 1.72 bits per heavy atom. The van der Waals surface area contributed by atoms with Gasteiger partial charge in [0.2, 0.25) is 0 Å². The zero-order valence-corrected chi connectivity index (χ0v) is 10.1. The fourth-order valence-corrected chi connectivity index (χ4v) is 2.16. The van der Waals surface area contributed by atoms with Gasteiger partial charge in [0.25, 0.3) is 0 Å². The van der Waals surface area contributed by atoms with Gasteiger partial charge >= 0.3 is 5.63 Å². The van der Waals surface area contributed by atoms with Crippen molar-refractivity contribution in [3.8, 4) is 11.1 Å². The molecule has 1 aromatic heterocycles. The van der Waals surface area contributed by atoms with E-state index in [2.05, 4.69) is 0 Å². The summed E-state index contributed by atoms with van der Waals surface area (Å²) in [5, 5.41) is 1.43. The van der Waals surface area contributed by atoms with Gasteiger partial charge in [0.1, 0.15) is 5.58 Å². The Balaban J connectivity index is 2.39. The average Bonchev–Trinajstić information content (AvgIpc) is 2.38. The number of hydrogen-bond donors (Lipinski definition) is 0. The van der Waals surface area contributed by atoms with Gasteiger partial charge in [0.05, 0.1) is 0 Å². The Hall–Kier alpha value is -2.06. The maximum Gasteiger partial charge on any atom is 0.336 e. The van der Waals surface area contributed by atoms with Crippen LogP contribution in [-0.4, -0.2) is 0 Å². The largest absolute Gasteiger partial charge is 0.423 e. The van der Waals surface area contributed by atoms with E-state index in [0.29, 0.717) is 10.6 Å². The van der Waals surface area contributed by atoms with Crippen molar-refractivity contribution in [3.05, 3.63) is 70.0 Å². The van der Waals surface area contributed by atoms with Crippen LogP contribution >= 0.6 is 11.6 Å². The highest BCUT2D eigenvalue weighted by Gasteiger charge is 2.07. The van der Waals surface area contributed by atoms with Crippen LogP contribution in [0, 0.1) is 0 Å². The molecule has 0 atom stereocenters. The van der Waals surface area contributed by atoms with Crippen LogP contribution in [0.25, 0.3) is 22.1 Å². The van der Waals surface area contributed by atoms with E-state index < -0.39 is 0 Å². The highest BCUT2D eigenvalue weighted by Crippen LogP contribution is 2.28. The summed E-state index contributed by atoms with van der Waals surface area (Å²) in [6.07, 6.45) is 0. The third-order valence-electron chi connectivity index (χ3n) is 2.79. The zero-order valence-electron chi connectivity index (χ0n) is 9.39. The predicted molar refractivity (Wildman–Crippen MR) is 72.9 cm³/mol. The second-order valence-electron chi connectivity index (χ2n) is 3.99. The van der Waals surface area contributed by atoms with Crippen molar-refractivity contribution < 1.29 is 4.42 Å². The van der Waals surface area contributed by atoms with Crippen molar-refractivity contribution in [2.75, 3.05) is 0 Å². The molecule has 2 aromatic carbocycles. The lowest BCUT2D eigenvalue weighted by atomic mass is 10.0. The summed E-state index contributed by atoms with van der Waals surface area (Å²) in [6.45, 7) is 0. The van der Waals surface area contributed by atoms with Crippen LogP contribution < -0.4 is 5.63 Å². The minimum Gasteiger partial charge on any atom is -0.423 e. The highest BCUT2D eigenvalue weighted by atomic mass is 35.5. The molecule has 0 saturated heterocycles. The van der Waals surface area contributed by atoms with Crippen LogP contribution in [0.15, 0.2) is 63.8 Å². The van der Waals surface area contributed by atoms with Crippen molar-refractivity contribution in [1.29, 1.82) is 0 Å². The molecule has 0 aliphatic rings. The highest BCUT2D eigenvalue weighted by molar-refractivity contribution is 6.31. The summed E-state index contributed by atoms with van der Waals surface area (Å²) in [5.74, 6) is 0. The van der Waals surface area contributed by atoms with E-state index in [4.69, 9.17) is 16.0 Å². The fraction of sp³-hybridized carbons (Fsp3) is 0. The maximum absolute atomic E-state index is 11.6. The Bertz CT molecular complexity index is 760. The van der Waals surface area contributed by atoms with Crippen LogP contribution in [0.2, 0.25) is 5.02 Å². The number of benzene rings is 2. The molecule has 0 N–H and O–H groups in total. The minimum absolute atomic E-state index is 0.372. The lowest BCUT2D eigenvalue weighted by molar-refractivity contribution is 0.561. The van der Waals surface area contributed by atoms with E-state index in [1.54, 1.807) is 12.1 Å². The number of fused-ring (bicyclic) bond motifs is 1. The van der Waals surface area contributed by atoms with E-state index in [1.807, 2.05) is 36.4 Å². The smallest absolute Gasteiger partial charge is 0.336 e. The second-order valence-corrected chi connectivity index (χ2v) is 4.42. The quantitative estimate of drug-likeness (QED) is 0.613. The summed E-state index contributed by atoms with van der Waals surface area (Å²) in [6, 6.07) is 16.5. The Kier molecular flexibility index (Phi) is 2.65. The van der Waals surface area contributed by atoms with Crippen LogP contribution in [-0.2, 0) is 0 Å². The first-order valence-corrected chi connectivity index (χ1v) is 5.91. The van der Waals surface area contributed by atoms with Crippen molar-refractivity contribution >= 4 is 22.6 Å². The van der Waals surface area contributed by atoms with Crippen LogP contribution in [0.1, 0.15) is 0 Å². The second kappa shape index (κ2) is 4.31. The summed E-state index contributed by atoms with van der Waals surface area (Å²) < 4.78 is 5.16. The van der Waals surface area contributed by atoms with Gasteiger partial charge in [-0.05, 0) is 23.3 Å². The standard InChI is InChI=1S/C15H9ClO2/c16-11-6-7-12-13(10-4-2-1-3-5-10)9-15(17)18-14(12)8-11/h1-9H. The van der Waals surface area contributed by atoms with Crippen molar-refractivity contribution in [3.63, 3.8) is 0 Å². The molecule has 18 heavy (non-hydrogen) atoms. The van der Waals surface area contributed by atoms with Gasteiger partial charge < -0.3 is 4.42 Å². The molecule has 3 aromatic rings. The van der Waals surface area contributed by atoms with Gasteiger partial charge in [-0.1, -0.05) is 41.9 Å². The summed E-state index contributed by atoms with van der Waals surface area (Å²) in [4.78, 5) is 11.6. The summed E-state index contributed by atoms with van der Waals surface area (Å²) >= 11 is 5.91. The van der Waals surface area contributed by atoms with Gasteiger partial charge in [-0.25, -0.2) is 4.79 Å². The summed E-state index contributed by atoms with van der Waals surface area (Å²) in [5.41, 5.74) is 1.98. The Morgan fingerprint density at radius 1 is 0.944 bits per heavy atom.